The second kappa shape index (κ2) is 7.79. The Morgan fingerprint density at radius 2 is 1.94 bits per heavy atom. The van der Waals surface area contributed by atoms with Crippen LogP contribution in [0.3, 0.4) is 0 Å². The van der Waals surface area contributed by atoms with E-state index in [1.165, 1.54) is 16.7 Å². The summed E-state index contributed by atoms with van der Waals surface area (Å²) < 4.78 is 31.0. The molecule has 4 N–H and O–H groups in total. The molecule has 0 saturated heterocycles. The number of anilines is 1. The number of sulfonamides is 1. The molecule has 10 heteroatoms. The second-order valence-electron chi connectivity index (χ2n) is 8.00. The molecule has 0 saturated carbocycles. The molecule has 4 rings (SSSR count). The molecule has 3 aromatic rings. The van der Waals surface area contributed by atoms with E-state index in [4.69, 9.17) is 5.73 Å². The monoisotopic (exact) mass is 454 g/mol. The van der Waals surface area contributed by atoms with Gasteiger partial charge in [-0.15, -0.1) is 4.40 Å². The Balaban J connectivity index is 1.94. The van der Waals surface area contributed by atoms with E-state index < -0.39 is 21.5 Å². The van der Waals surface area contributed by atoms with Crippen LogP contribution < -0.4 is 16.6 Å². The lowest BCUT2D eigenvalue weighted by atomic mass is 10.1. The number of amidine groups is 1. The van der Waals surface area contributed by atoms with Crippen LogP contribution in [0.15, 0.2) is 56.6 Å². The van der Waals surface area contributed by atoms with Crippen molar-refractivity contribution < 1.29 is 18.3 Å². The maximum atomic E-state index is 13.4. The van der Waals surface area contributed by atoms with Gasteiger partial charge in [0.25, 0.3) is 15.6 Å². The summed E-state index contributed by atoms with van der Waals surface area (Å²) in [6, 6.07) is 10.7. The summed E-state index contributed by atoms with van der Waals surface area (Å²) in [4.78, 5) is 24.6. The molecule has 1 amide bonds. The van der Waals surface area contributed by atoms with E-state index in [1.54, 1.807) is 24.3 Å². The first-order valence-electron chi connectivity index (χ1n) is 10.0. The SMILES string of the molecule is CC(C)CCn1c(=O)c(C2=NS(=O)(=O)c3cc(C(N)=O)ccc3N2)c(O)c2ccccc21. The van der Waals surface area contributed by atoms with Crippen molar-refractivity contribution in [3.05, 3.63) is 63.9 Å². The van der Waals surface area contributed by atoms with Crippen LogP contribution in [0, 0.1) is 5.92 Å². The highest BCUT2D eigenvalue weighted by Gasteiger charge is 2.30. The van der Waals surface area contributed by atoms with E-state index in [0.717, 1.165) is 6.07 Å². The average molecular weight is 455 g/mol. The Kier molecular flexibility index (Phi) is 5.25. The summed E-state index contributed by atoms with van der Waals surface area (Å²) in [6.45, 7) is 4.46. The van der Waals surface area contributed by atoms with Crippen molar-refractivity contribution >= 4 is 38.4 Å². The number of nitrogens with two attached hydrogens (primary N) is 1. The van der Waals surface area contributed by atoms with E-state index >= 15 is 0 Å². The fourth-order valence-electron chi connectivity index (χ4n) is 3.63. The third-order valence-corrected chi connectivity index (χ3v) is 6.64. The molecule has 166 valence electrons. The highest BCUT2D eigenvalue weighted by molar-refractivity contribution is 7.90. The largest absolute Gasteiger partial charge is 0.506 e. The number of benzene rings is 2. The Hall–Kier alpha value is -3.66. The van der Waals surface area contributed by atoms with Gasteiger partial charge in [-0.25, -0.2) is 0 Å². The second-order valence-corrected chi connectivity index (χ2v) is 9.57. The molecule has 1 aliphatic heterocycles. The van der Waals surface area contributed by atoms with Gasteiger partial charge < -0.3 is 20.7 Å². The minimum absolute atomic E-state index is 0.0115. The lowest BCUT2D eigenvalue weighted by Crippen LogP contribution is -2.33. The zero-order chi connectivity index (χ0) is 23.2. The van der Waals surface area contributed by atoms with E-state index in [1.807, 2.05) is 13.8 Å². The van der Waals surface area contributed by atoms with Crippen molar-refractivity contribution in [2.75, 3.05) is 5.32 Å². The number of rotatable bonds is 5. The molecule has 9 nitrogen and oxygen atoms in total. The predicted octanol–water partition coefficient (Wildman–Crippen LogP) is 2.41. The maximum Gasteiger partial charge on any atom is 0.286 e. The van der Waals surface area contributed by atoms with Crippen molar-refractivity contribution in [3.8, 4) is 5.75 Å². The van der Waals surface area contributed by atoms with Gasteiger partial charge in [-0.05, 0) is 42.7 Å². The van der Waals surface area contributed by atoms with Crippen LogP contribution >= 0.6 is 0 Å². The number of pyridine rings is 1. The summed E-state index contributed by atoms with van der Waals surface area (Å²) in [5.74, 6) is -1.09. The number of aromatic nitrogens is 1. The minimum atomic E-state index is -4.26. The first-order valence-corrected chi connectivity index (χ1v) is 11.4. The number of carbonyl (C=O) groups excluding carboxylic acids is 1. The zero-order valence-corrected chi connectivity index (χ0v) is 18.3. The standard InChI is InChI=1S/C22H22N4O5S/c1-12(2)9-10-26-16-6-4-3-5-14(16)19(27)18(22(26)29)21-24-15-8-7-13(20(23)28)11-17(15)32(30,31)25-21/h3-8,11-12,27H,9-10H2,1-2H3,(H2,23,28)(H,24,25). The number of primary amides is 1. The van der Waals surface area contributed by atoms with Gasteiger partial charge in [-0.2, -0.15) is 8.42 Å². The topological polar surface area (TPSA) is 144 Å². The van der Waals surface area contributed by atoms with Crippen LogP contribution in [0.2, 0.25) is 0 Å². The third kappa shape index (κ3) is 3.62. The Labute approximate surface area is 184 Å². The molecule has 2 aromatic carbocycles. The molecule has 0 atom stereocenters. The van der Waals surface area contributed by atoms with Crippen LogP contribution in [-0.2, 0) is 16.6 Å². The van der Waals surface area contributed by atoms with Crippen LogP contribution in [0.4, 0.5) is 5.69 Å². The first-order chi connectivity index (χ1) is 15.1. The maximum absolute atomic E-state index is 13.4. The average Bonchev–Trinajstić information content (AvgIpc) is 2.73. The molecule has 0 radical (unpaired) electrons. The van der Waals surface area contributed by atoms with Crippen molar-refractivity contribution in [3.63, 3.8) is 0 Å². The highest BCUT2D eigenvalue weighted by atomic mass is 32.2. The number of nitrogens with zero attached hydrogens (tertiary/aromatic N) is 2. The summed E-state index contributed by atoms with van der Waals surface area (Å²) >= 11 is 0. The summed E-state index contributed by atoms with van der Waals surface area (Å²) in [5, 5.41) is 14.2. The number of nitrogens with one attached hydrogen (secondary N) is 1. The Morgan fingerprint density at radius 1 is 1.22 bits per heavy atom. The normalized spacial score (nSPS) is 14.7. The van der Waals surface area contributed by atoms with Gasteiger partial charge in [0.1, 0.15) is 16.2 Å². The van der Waals surface area contributed by atoms with Gasteiger partial charge in [0.15, 0.2) is 5.84 Å². The van der Waals surface area contributed by atoms with Gasteiger partial charge in [0.2, 0.25) is 5.91 Å². The molecule has 0 bridgehead atoms. The number of aromatic hydroxyl groups is 1. The van der Waals surface area contributed by atoms with Gasteiger partial charge in [0, 0.05) is 17.5 Å². The fourth-order valence-corrected chi connectivity index (χ4v) is 4.78. The molecule has 1 aromatic heterocycles. The Bertz CT molecular complexity index is 1460. The molecule has 32 heavy (non-hydrogen) atoms. The molecule has 1 aliphatic rings. The van der Waals surface area contributed by atoms with E-state index in [9.17, 15) is 23.1 Å². The van der Waals surface area contributed by atoms with Crippen LogP contribution in [0.1, 0.15) is 36.2 Å². The van der Waals surface area contributed by atoms with Crippen molar-refractivity contribution in [1.29, 1.82) is 0 Å². The lowest BCUT2D eigenvalue weighted by Gasteiger charge is -2.21. The van der Waals surface area contributed by atoms with E-state index in [0.29, 0.717) is 29.8 Å². The molecule has 2 heterocycles. The highest BCUT2D eigenvalue weighted by Crippen LogP contribution is 2.33. The van der Waals surface area contributed by atoms with Crippen LogP contribution in [0.25, 0.3) is 10.9 Å². The molecule has 0 unspecified atom stereocenters. The lowest BCUT2D eigenvalue weighted by molar-refractivity contribution is 0.1000. The number of aryl methyl sites for hydroxylation is 1. The van der Waals surface area contributed by atoms with Gasteiger partial charge >= 0.3 is 0 Å². The van der Waals surface area contributed by atoms with Crippen molar-refractivity contribution in [1.82, 2.24) is 4.57 Å². The van der Waals surface area contributed by atoms with Crippen molar-refractivity contribution in [2.24, 2.45) is 16.0 Å². The van der Waals surface area contributed by atoms with Gasteiger partial charge in [0.05, 0.1) is 11.2 Å². The minimum Gasteiger partial charge on any atom is -0.506 e. The predicted molar refractivity (Wildman–Crippen MR) is 122 cm³/mol. The zero-order valence-electron chi connectivity index (χ0n) is 17.5. The number of amides is 1. The smallest absolute Gasteiger partial charge is 0.286 e. The quantitative estimate of drug-likeness (QED) is 0.540. The molecular formula is C22H22N4O5S. The number of fused-ring (bicyclic) bond motifs is 2. The van der Waals surface area contributed by atoms with Crippen LogP contribution in [0.5, 0.6) is 5.75 Å². The summed E-state index contributed by atoms with van der Waals surface area (Å²) in [7, 11) is -4.26. The number of para-hydroxylation sites is 1. The number of carbonyl (C=O) groups is 1. The third-order valence-electron chi connectivity index (χ3n) is 5.32. The van der Waals surface area contributed by atoms with E-state index in [-0.39, 0.29) is 33.3 Å². The molecule has 0 aliphatic carbocycles. The number of hydrogen-bond acceptors (Lipinski definition) is 6. The van der Waals surface area contributed by atoms with Crippen LogP contribution in [-0.4, -0.2) is 29.8 Å². The molecule has 0 fully saturated rings. The summed E-state index contributed by atoms with van der Waals surface area (Å²) in [6.07, 6.45) is 0.713. The summed E-state index contributed by atoms with van der Waals surface area (Å²) in [5.41, 5.74) is 5.14. The Morgan fingerprint density at radius 3 is 2.62 bits per heavy atom. The fraction of sp³-hybridized carbons (Fsp3) is 0.227. The molecule has 0 spiro atoms. The van der Waals surface area contributed by atoms with E-state index in [2.05, 4.69) is 9.71 Å². The van der Waals surface area contributed by atoms with Gasteiger partial charge in [-0.3, -0.25) is 9.59 Å². The first kappa shape index (κ1) is 21.6. The molecular weight excluding hydrogens is 432 g/mol. The van der Waals surface area contributed by atoms with Gasteiger partial charge in [-0.1, -0.05) is 26.0 Å². The van der Waals surface area contributed by atoms with Crippen molar-refractivity contribution in [2.45, 2.75) is 31.7 Å². The number of hydrogen-bond donors (Lipinski definition) is 3.